The van der Waals surface area contributed by atoms with Crippen molar-refractivity contribution >= 4 is 10.9 Å². The van der Waals surface area contributed by atoms with Crippen LogP contribution in [0.25, 0.3) is 10.9 Å². The summed E-state index contributed by atoms with van der Waals surface area (Å²) in [6.07, 6.45) is 6.12. The van der Waals surface area contributed by atoms with Crippen LogP contribution in [0.2, 0.25) is 0 Å². The summed E-state index contributed by atoms with van der Waals surface area (Å²) in [4.78, 5) is 3.43. The van der Waals surface area contributed by atoms with E-state index in [0.717, 1.165) is 12.8 Å². The number of aromatic amines is 1. The molecule has 2 nitrogen and oxygen atoms in total. The maximum Gasteiger partial charge on any atom is 0.0458 e. The highest BCUT2D eigenvalue weighted by Gasteiger charge is 2.29. The predicted octanol–water partition coefficient (Wildman–Crippen LogP) is 3.90. The molecule has 1 saturated carbocycles. The number of nitrogens with two attached hydrogens (primary N) is 1. The molecule has 3 N–H and O–H groups in total. The van der Waals surface area contributed by atoms with Gasteiger partial charge in [0.15, 0.2) is 0 Å². The van der Waals surface area contributed by atoms with E-state index in [4.69, 9.17) is 5.73 Å². The fraction of sp³-hybridized carbons (Fsp3) is 0.500. The summed E-state index contributed by atoms with van der Waals surface area (Å²) >= 11 is 0. The molecule has 1 aliphatic rings. The van der Waals surface area contributed by atoms with Crippen molar-refractivity contribution in [1.82, 2.24) is 4.98 Å². The number of aryl methyl sites for hydroxylation is 2. The molecule has 0 atom stereocenters. The van der Waals surface area contributed by atoms with Gasteiger partial charge in [0.1, 0.15) is 0 Å². The quantitative estimate of drug-likeness (QED) is 0.782. The molecule has 96 valence electrons. The standard InChI is InChI=1S/C16H22N2/c1-11-12(2)18-15-7-6-13(10-14(11)15)16(17)8-4-3-5-9-16/h6-7,10,18H,3-5,8-9,17H2,1-2H3. The van der Waals surface area contributed by atoms with Gasteiger partial charge in [0.05, 0.1) is 0 Å². The van der Waals surface area contributed by atoms with E-state index in [1.165, 1.54) is 47.0 Å². The van der Waals surface area contributed by atoms with Gasteiger partial charge in [-0.1, -0.05) is 25.3 Å². The van der Waals surface area contributed by atoms with E-state index in [-0.39, 0.29) is 5.54 Å². The van der Waals surface area contributed by atoms with Crippen molar-refractivity contribution in [3.8, 4) is 0 Å². The third-order valence-corrected chi connectivity index (χ3v) is 4.63. The Hall–Kier alpha value is -1.28. The smallest absolute Gasteiger partial charge is 0.0458 e. The summed E-state index contributed by atoms with van der Waals surface area (Å²) in [5.74, 6) is 0. The Morgan fingerprint density at radius 3 is 2.56 bits per heavy atom. The lowest BCUT2D eigenvalue weighted by Crippen LogP contribution is -2.38. The molecular formula is C16H22N2. The second-order valence-corrected chi connectivity index (χ2v) is 5.85. The van der Waals surface area contributed by atoms with Crippen LogP contribution in [0, 0.1) is 13.8 Å². The maximum atomic E-state index is 6.62. The molecule has 18 heavy (non-hydrogen) atoms. The zero-order chi connectivity index (χ0) is 12.8. The maximum absolute atomic E-state index is 6.62. The van der Waals surface area contributed by atoms with Gasteiger partial charge in [-0.3, -0.25) is 0 Å². The number of hydrogen-bond acceptors (Lipinski definition) is 1. The zero-order valence-electron chi connectivity index (χ0n) is 11.3. The highest BCUT2D eigenvalue weighted by Crippen LogP contribution is 2.36. The Morgan fingerprint density at radius 1 is 1.11 bits per heavy atom. The van der Waals surface area contributed by atoms with Gasteiger partial charge in [-0.15, -0.1) is 0 Å². The van der Waals surface area contributed by atoms with Crippen LogP contribution in [-0.2, 0) is 5.54 Å². The molecule has 1 heterocycles. The second-order valence-electron chi connectivity index (χ2n) is 5.85. The van der Waals surface area contributed by atoms with Crippen molar-refractivity contribution < 1.29 is 0 Å². The first-order valence-electron chi connectivity index (χ1n) is 6.98. The molecule has 1 aromatic heterocycles. The lowest BCUT2D eigenvalue weighted by molar-refractivity contribution is 0.302. The number of benzene rings is 1. The molecule has 2 heteroatoms. The van der Waals surface area contributed by atoms with Gasteiger partial charge in [-0.2, -0.15) is 0 Å². The van der Waals surface area contributed by atoms with Crippen molar-refractivity contribution in [3.05, 3.63) is 35.0 Å². The summed E-state index contributed by atoms with van der Waals surface area (Å²) in [6.45, 7) is 4.32. The highest BCUT2D eigenvalue weighted by atomic mass is 14.8. The van der Waals surface area contributed by atoms with Crippen LogP contribution in [-0.4, -0.2) is 4.98 Å². The summed E-state index contributed by atoms with van der Waals surface area (Å²) in [7, 11) is 0. The molecule has 0 saturated heterocycles. The van der Waals surface area contributed by atoms with Crippen LogP contribution < -0.4 is 5.73 Å². The van der Waals surface area contributed by atoms with Gasteiger partial charge in [-0.25, -0.2) is 0 Å². The van der Waals surface area contributed by atoms with E-state index in [1.54, 1.807) is 0 Å². The Morgan fingerprint density at radius 2 is 1.83 bits per heavy atom. The molecule has 1 aromatic carbocycles. The molecular weight excluding hydrogens is 220 g/mol. The normalized spacial score (nSPS) is 19.3. The van der Waals surface area contributed by atoms with Crippen molar-refractivity contribution in [2.24, 2.45) is 5.73 Å². The van der Waals surface area contributed by atoms with Crippen molar-refractivity contribution in [3.63, 3.8) is 0 Å². The molecule has 1 fully saturated rings. The van der Waals surface area contributed by atoms with E-state index in [0.29, 0.717) is 0 Å². The van der Waals surface area contributed by atoms with Crippen LogP contribution in [0.5, 0.6) is 0 Å². The fourth-order valence-electron chi connectivity index (χ4n) is 3.24. The van der Waals surface area contributed by atoms with E-state index in [2.05, 4.69) is 37.0 Å². The first-order valence-corrected chi connectivity index (χ1v) is 6.98. The van der Waals surface area contributed by atoms with E-state index >= 15 is 0 Å². The summed E-state index contributed by atoms with van der Waals surface area (Å²) in [5, 5.41) is 1.33. The number of fused-ring (bicyclic) bond motifs is 1. The lowest BCUT2D eigenvalue weighted by Gasteiger charge is -2.34. The molecule has 0 amide bonds. The topological polar surface area (TPSA) is 41.8 Å². The van der Waals surface area contributed by atoms with E-state index in [1.807, 2.05) is 0 Å². The number of aromatic nitrogens is 1. The van der Waals surface area contributed by atoms with Crippen LogP contribution in [0.15, 0.2) is 18.2 Å². The van der Waals surface area contributed by atoms with Crippen LogP contribution in [0.3, 0.4) is 0 Å². The van der Waals surface area contributed by atoms with Gasteiger partial charge >= 0.3 is 0 Å². The summed E-state index contributed by atoms with van der Waals surface area (Å²) in [5.41, 5.74) is 11.7. The van der Waals surface area contributed by atoms with Gasteiger partial charge in [0.25, 0.3) is 0 Å². The Bertz CT molecular complexity index is 574. The van der Waals surface area contributed by atoms with Crippen LogP contribution in [0.4, 0.5) is 0 Å². The lowest BCUT2D eigenvalue weighted by atomic mass is 9.77. The molecule has 0 radical (unpaired) electrons. The molecule has 3 rings (SSSR count). The van der Waals surface area contributed by atoms with Crippen molar-refractivity contribution in [1.29, 1.82) is 0 Å². The Balaban J connectivity index is 2.09. The average molecular weight is 242 g/mol. The minimum atomic E-state index is -0.0932. The van der Waals surface area contributed by atoms with Gasteiger partial charge in [0, 0.05) is 22.1 Å². The molecule has 1 aliphatic carbocycles. The Kier molecular flexibility index (Phi) is 2.70. The van der Waals surface area contributed by atoms with E-state index in [9.17, 15) is 0 Å². The number of nitrogens with one attached hydrogen (secondary N) is 1. The molecule has 0 spiro atoms. The minimum absolute atomic E-state index is 0.0932. The first kappa shape index (κ1) is 11.8. The average Bonchev–Trinajstić information content (AvgIpc) is 2.66. The minimum Gasteiger partial charge on any atom is -0.358 e. The monoisotopic (exact) mass is 242 g/mol. The number of rotatable bonds is 1. The largest absolute Gasteiger partial charge is 0.358 e. The van der Waals surface area contributed by atoms with Crippen LogP contribution in [0.1, 0.15) is 48.9 Å². The molecule has 2 aromatic rings. The van der Waals surface area contributed by atoms with Crippen LogP contribution >= 0.6 is 0 Å². The van der Waals surface area contributed by atoms with Gasteiger partial charge in [0.2, 0.25) is 0 Å². The van der Waals surface area contributed by atoms with Gasteiger partial charge in [-0.05, 0) is 49.9 Å². The fourth-order valence-corrected chi connectivity index (χ4v) is 3.24. The number of hydrogen-bond donors (Lipinski definition) is 2. The SMILES string of the molecule is Cc1[nH]c2ccc(C3(N)CCCCC3)cc2c1C. The van der Waals surface area contributed by atoms with Gasteiger partial charge < -0.3 is 10.7 Å². The summed E-state index contributed by atoms with van der Waals surface area (Å²) in [6, 6.07) is 6.70. The summed E-state index contributed by atoms with van der Waals surface area (Å²) < 4.78 is 0. The molecule has 0 aliphatic heterocycles. The highest BCUT2D eigenvalue weighted by molar-refractivity contribution is 5.85. The van der Waals surface area contributed by atoms with E-state index < -0.39 is 0 Å². The number of H-pyrrole nitrogens is 1. The Labute approximate surface area is 109 Å². The van der Waals surface area contributed by atoms with Crippen molar-refractivity contribution in [2.45, 2.75) is 51.5 Å². The molecule has 0 unspecified atom stereocenters. The zero-order valence-corrected chi connectivity index (χ0v) is 11.3. The third-order valence-electron chi connectivity index (χ3n) is 4.63. The second kappa shape index (κ2) is 4.13. The first-order chi connectivity index (χ1) is 8.60. The third kappa shape index (κ3) is 1.76. The predicted molar refractivity (Wildman–Crippen MR) is 76.7 cm³/mol. The van der Waals surface area contributed by atoms with Crippen molar-refractivity contribution in [2.75, 3.05) is 0 Å². The molecule has 0 bridgehead atoms.